The van der Waals surface area contributed by atoms with Gasteiger partial charge in [-0.15, -0.1) is 24.0 Å². The molecule has 1 saturated carbocycles. The standard InChI is InChI=1S/C12H25N3O.HI/c1-10(2)8-15-12(13)14-6-3-7-16-9-11-4-5-11;/h10-11H,3-9H2,1-2H3,(H3,13,14,15);1H. The van der Waals surface area contributed by atoms with Crippen LogP contribution in [0.15, 0.2) is 4.99 Å². The fraction of sp³-hybridized carbons (Fsp3) is 0.917. The topological polar surface area (TPSA) is 59.6 Å². The quantitative estimate of drug-likeness (QED) is 0.303. The molecule has 0 aliphatic heterocycles. The fourth-order valence-corrected chi connectivity index (χ4v) is 1.26. The first-order chi connectivity index (χ1) is 7.68. The van der Waals surface area contributed by atoms with Crippen molar-refractivity contribution in [3.05, 3.63) is 0 Å². The van der Waals surface area contributed by atoms with Gasteiger partial charge in [0.25, 0.3) is 0 Å². The zero-order valence-corrected chi connectivity index (χ0v) is 13.3. The smallest absolute Gasteiger partial charge is 0.188 e. The van der Waals surface area contributed by atoms with Gasteiger partial charge in [0.05, 0.1) is 0 Å². The van der Waals surface area contributed by atoms with Crippen molar-refractivity contribution >= 4 is 29.9 Å². The second kappa shape index (κ2) is 9.94. The van der Waals surface area contributed by atoms with Crippen LogP contribution in [-0.2, 0) is 4.74 Å². The summed E-state index contributed by atoms with van der Waals surface area (Å²) in [7, 11) is 0. The zero-order chi connectivity index (χ0) is 11.8. The lowest BCUT2D eigenvalue weighted by atomic mass is 10.2. The Labute approximate surface area is 122 Å². The van der Waals surface area contributed by atoms with Gasteiger partial charge in [-0.25, -0.2) is 0 Å². The molecule has 4 nitrogen and oxygen atoms in total. The predicted molar refractivity (Wildman–Crippen MR) is 82.9 cm³/mol. The van der Waals surface area contributed by atoms with E-state index in [2.05, 4.69) is 24.2 Å². The summed E-state index contributed by atoms with van der Waals surface area (Å²) < 4.78 is 5.52. The highest BCUT2D eigenvalue weighted by Gasteiger charge is 2.20. The van der Waals surface area contributed by atoms with E-state index in [1.807, 2.05) is 0 Å². The molecule has 5 heteroatoms. The maximum atomic E-state index is 5.69. The highest BCUT2D eigenvalue weighted by molar-refractivity contribution is 14.0. The zero-order valence-electron chi connectivity index (χ0n) is 10.9. The van der Waals surface area contributed by atoms with Crippen LogP contribution in [0.3, 0.4) is 0 Å². The third-order valence-electron chi connectivity index (χ3n) is 2.45. The van der Waals surface area contributed by atoms with Gasteiger partial charge in [-0.3, -0.25) is 4.99 Å². The van der Waals surface area contributed by atoms with Crippen molar-refractivity contribution in [2.75, 3.05) is 26.3 Å². The van der Waals surface area contributed by atoms with E-state index in [0.717, 1.165) is 38.6 Å². The number of ether oxygens (including phenoxy) is 1. The maximum Gasteiger partial charge on any atom is 0.188 e. The number of nitrogens with one attached hydrogen (secondary N) is 1. The molecule has 0 aromatic carbocycles. The summed E-state index contributed by atoms with van der Waals surface area (Å²) in [5.41, 5.74) is 5.69. The molecule has 1 aliphatic rings. The van der Waals surface area contributed by atoms with E-state index in [0.29, 0.717) is 11.9 Å². The van der Waals surface area contributed by atoms with E-state index >= 15 is 0 Å². The molecule has 0 radical (unpaired) electrons. The van der Waals surface area contributed by atoms with Gasteiger partial charge in [-0.2, -0.15) is 0 Å². The first-order valence-electron chi connectivity index (χ1n) is 6.30. The Bertz CT molecular complexity index is 218. The van der Waals surface area contributed by atoms with Crippen molar-refractivity contribution in [1.29, 1.82) is 0 Å². The number of aliphatic imine (C=N–C) groups is 1. The lowest BCUT2D eigenvalue weighted by Gasteiger charge is -2.07. The molecule has 102 valence electrons. The third-order valence-corrected chi connectivity index (χ3v) is 2.45. The van der Waals surface area contributed by atoms with Gasteiger partial charge >= 0.3 is 0 Å². The fourth-order valence-electron chi connectivity index (χ4n) is 1.26. The molecule has 0 aromatic rings. The monoisotopic (exact) mass is 355 g/mol. The molecule has 0 spiro atoms. The van der Waals surface area contributed by atoms with Crippen LogP contribution in [0.5, 0.6) is 0 Å². The van der Waals surface area contributed by atoms with E-state index in [1.165, 1.54) is 12.8 Å². The van der Waals surface area contributed by atoms with Crippen molar-refractivity contribution in [3.8, 4) is 0 Å². The van der Waals surface area contributed by atoms with Crippen molar-refractivity contribution in [1.82, 2.24) is 5.32 Å². The summed E-state index contributed by atoms with van der Waals surface area (Å²) in [4.78, 5) is 4.22. The normalized spacial score (nSPS) is 15.8. The minimum atomic E-state index is 0. The van der Waals surface area contributed by atoms with Crippen LogP contribution in [-0.4, -0.2) is 32.3 Å². The minimum absolute atomic E-state index is 0. The molecule has 0 atom stereocenters. The van der Waals surface area contributed by atoms with E-state index < -0.39 is 0 Å². The van der Waals surface area contributed by atoms with E-state index in [4.69, 9.17) is 10.5 Å². The number of halogens is 1. The van der Waals surface area contributed by atoms with E-state index in [-0.39, 0.29) is 24.0 Å². The Morgan fingerprint density at radius 1 is 1.47 bits per heavy atom. The van der Waals surface area contributed by atoms with Gasteiger partial charge < -0.3 is 15.8 Å². The first-order valence-corrected chi connectivity index (χ1v) is 6.30. The van der Waals surface area contributed by atoms with Gasteiger partial charge in [0, 0.05) is 26.3 Å². The number of hydrogen-bond acceptors (Lipinski definition) is 2. The summed E-state index contributed by atoms with van der Waals surface area (Å²) in [6.07, 6.45) is 3.70. The molecular weight excluding hydrogens is 329 g/mol. The molecule has 0 unspecified atom stereocenters. The lowest BCUT2D eigenvalue weighted by Crippen LogP contribution is -2.33. The molecular formula is C12H26IN3O. The van der Waals surface area contributed by atoms with Gasteiger partial charge in [0.1, 0.15) is 0 Å². The molecule has 0 aromatic heterocycles. The minimum Gasteiger partial charge on any atom is -0.381 e. The van der Waals surface area contributed by atoms with Crippen molar-refractivity contribution < 1.29 is 4.74 Å². The molecule has 0 bridgehead atoms. The van der Waals surface area contributed by atoms with Gasteiger partial charge in [-0.05, 0) is 31.1 Å². The number of nitrogens with zero attached hydrogens (tertiary/aromatic N) is 1. The number of hydrogen-bond donors (Lipinski definition) is 2. The summed E-state index contributed by atoms with van der Waals surface area (Å²) in [5, 5.41) is 3.09. The van der Waals surface area contributed by atoms with Crippen molar-refractivity contribution in [3.63, 3.8) is 0 Å². The van der Waals surface area contributed by atoms with Crippen LogP contribution in [0.4, 0.5) is 0 Å². The molecule has 0 heterocycles. The Morgan fingerprint density at radius 3 is 2.76 bits per heavy atom. The Balaban J connectivity index is 0.00000256. The Kier molecular flexibility index (Phi) is 9.91. The summed E-state index contributed by atoms with van der Waals surface area (Å²) >= 11 is 0. The molecule has 3 N–H and O–H groups in total. The van der Waals surface area contributed by atoms with Crippen LogP contribution in [0.25, 0.3) is 0 Å². The van der Waals surface area contributed by atoms with Gasteiger partial charge in [-0.1, -0.05) is 13.8 Å². The van der Waals surface area contributed by atoms with Crippen molar-refractivity contribution in [2.45, 2.75) is 33.1 Å². The first kappa shape index (κ1) is 17.0. The van der Waals surface area contributed by atoms with Crippen LogP contribution >= 0.6 is 24.0 Å². The van der Waals surface area contributed by atoms with Crippen molar-refractivity contribution in [2.24, 2.45) is 22.6 Å². The van der Waals surface area contributed by atoms with E-state index in [9.17, 15) is 0 Å². The lowest BCUT2D eigenvalue weighted by molar-refractivity contribution is 0.123. The van der Waals surface area contributed by atoms with Crippen LogP contribution < -0.4 is 11.1 Å². The van der Waals surface area contributed by atoms with Crippen LogP contribution in [0, 0.1) is 11.8 Å². The largest absolute Gasteiger partial charge is 0.381 e. The summed E-state index contributed by atoms with van der Waals surface area (Å²) in [6, 6.07) is 0. The number of rotatable bonds is 8. The summed E-state index contributed by atoms with van der Waals surface area (Å²) in [5.74, 6) is 1.96. The SMILES string of the molecule is CC(C)CN=C(N)NCCCOCC1CC1.I. The van der Waals surface area contributed by atoms with E-state index in [1.54, 1.807) is 0 Å². The van der Waals surface area contributed by atoms with Crippen LogP contribution in [0.1, 0.15) is 33.1 Å². The van der Waals surface area contributed by atoms with Crippen LogP contribution in [0.2, 0.25) is 0 Å². The molecule has 1 aliphatic carbocycles. The average molecular weight is 355 g/mol. The third kappa shape index (κ3) is 10.8. The summed E-state index contributed by atoms with van der Waals surface area (Å²) in [6.45, 7) is 7.65. The highest BCUT2D eigenvalue weighted by Crippen LogP contribution is 2.28. The van der Waals surface area contributed by atoms with Gasteiger partial charge in [0.2, 0.25) is 0 Å². The highest BCUT2D eigenvalue weighted by atomic mass is 127. The second-order valence-electron chi connectivity index (χ2n) is 4.92. The number of guanidine groups is 1. The average Bonchev–Trinajstić information content (AvgIpc) is 3.04. The predicted octanol–water partition coefficient (Wildman–Crippen LogP) is 1.98. The molecule has 0 amide bonds. The molecule has 17 heavy (non-hydrogen) atoms. The maximum absolute atomic E-state index is 5.69. The number of nitrogens with two attached hydrogens (primary N) is 1. The Hall–Kier alpha value is -0.0400. The van der Waals surface area contributed by atoms with Gasteiger partial charge in [0.15, 0.2) is 5.96 Å². The molecule has 0 saturated heterocycles. The molecule has 1 rings (SSSR count). The molecule has 1 fully saturated rings. The second-order valence-corrected chi connectivity index (χ2v) is 4.92. The Morgan fingerprint density at radius 2 is 2.18 bits per heavy atom.